The molecule has 65 heavy (non-hydrogen) atoms. The summed E-state index contributed by atoms with van der Waals surface area (Å²) >= 11 is 8.10. The quantitative estimate of drug-likeness (QED) is 0.0433. The number of hydrogen-bond donors (Lipinski definition) is 0. The van der Waals surface area contributed by atoms with E-state index in [2.05, 4.69) is 30.3 Å². The minimum atomic E-state index is -3.07. The number of ether oxygens (including phenoxy) is 6. The molecule has 0 amide bonds. The van der Waals surface area contributed by atoms with Gasteiger partial charge in [-0.2, -0.15) is 4.98 Å². The highest BCUT2D eigenvalue weighted by Crippen LogP contribution is 2.76. The zero-order valence-corrected chi connectivity index (χ0v) is 40.9. The summed E-state index contributed by atoms with van der Waals surface area (Å²) in [5, 5.41) is 0. The first-order valence-electron chi connectivity index (χ1n) is 22.3. The fourth-order valence-corrected chi connectivity index (χ4v) is 17.0. The Morgan fingerprint density at radius 2 is 1.66 bits per heavy atom. The number of allylic oxidation sites excluding steroid dienone is 1. The van der Waals surface area contributed by atoms with Gasteiger partial charge in [0.25, 0.3) is 0 Å². The minimum absolute atomic E-state index is 0.0179. The number of benzene rings is 3. The molecular weight excluding hydrogens is 884 g/mol. The molecule has 0 unspecified atom stereocenters. The third kappa shape index (κ3) is 9.91. The smallest absolute Gasteiger partial charge is 0.351 e. The van der Waals surface area contributed by atoms with E-state index < -0.39 is 41.5 Å². The standard InChI is InChI=1S/C49H61N4O9PS2/c1-32(2)34-24-25-48(4)41(29-34)61-63(64,65-48)62-43-40(60-46(44(43)58-28-27-55-6)53-30-33(3)45(51-47(53)54)50-42-15-12-26-52(42)5)31-59-49(35-13-10-9-11-14-35,36-16-20-38(56-7)21-17-36)37-18-22-39(57-8)23-19-37/h9-11,13-14,16-23,30,34,40-41,43-44,46H,1,12,15,24-29,31H2,2-8H3/t34-,40+,41+,43+,44+,46+,48+,63+/m0/s1. The van der Waals surface area contributed by atoms with E-state index in [1.807, 2.05) is 92.8 Å². The molecule has 8 atom stereocenters. The Labute approximate surface area is 391 Å². The molecule has 16 heteroatoms. The lowest BCUT2D eigenvalue weighted by Crippen LogP contribution is -2.42. The van der Waals surface area contributed by atoms with Gasteiger partial charge in [-0.15, -0.1) is 0 Å². The number of fused-ring (bicyclic) bond motifs is 1. The van der Waals surface area contributed by atoms with E-state index in [0.29, 0.717) is 35.4 Å². The van der Waals surface area contributed by atoms with Crippen LogP contribution >= 0.6 is 17.1 Å². The largest absolute Gasteiger partial charge is 0.497 e. The Morgan fingerprint density at radius 3 is 2.26 bits per heavy atom. The Balaban J connectivity index is 1.23. The van der Waals surface area contributed by atoms with Gasteiger partial charge < -0.3 is 42.4 Å². The zero-order valence-electron chi connectivity index (χ0n) is 38.3. The van der Waals surface area contributed by atoms with Crippen molar-refractivity contribution >= 4 is 40.5 Å². The van der Waals surface area contributed by atoms with Gasteiger partial charge in [-0.25, -0.2) is 9.79 Å². The van der Waals surface area contributed by atoms with Crippen LogP contribution in [0.1, 0.15) is 74.4 Å². The van der Waals surface area contributed by atoms with Crippen molar-refractivity contribution in [2.24, 2.45) is 10.9 Å². The number of amidine groups is 1. The molecule has 0 spiro atoms. The fraction of sp³-hybridized carbons (Fsp3) is 0.490. The number of aryl methyl sites for hydroxylation is 1. The molecule has 3 saturated heterocycles. The number of hydrogen-bond acceptors (Lipinski definition) is 13. The van der Waals surface area contributed by atoms with Gasteiger partial charge in [-0.3, -0.25) is 4.57 Å². The second-order valence-electron chi connectivity index (χ2n) is 17.5. The van der Waals surface area contributed by atoms with Crippen LogP contribution in [0.25, 0.3) is 0 Å². The van der Waals surface area contributed by atoms with E-state index in [4.69, 9.17) is 54.3 Å². The van der Waals surface area contributed by atoms with Crippen molar-refractivity contribution < 1.29 is 37.5 Å². The maximum Gasteiger partial charge on any atom is 0.351 e. The molecular formula is C49H61N4O9PS2. The number of nitrogens with zero attached hydrogens (tertiary/aromatic N) is 4. The maximum atomic E-state index is 14.3. The molecule has 0 N–H and O–H groups in total. The molecule has 3 aromatic carbocycles. The third-order valence-corrected chi connectivity index (χ3v) is 18.9. The Bertz CT molecular complexity index is 2390. The van der Waals surface area contributed by atoms with Crippen molar-refractivity contribution in [1.82, 2.24) is 14.5 Å². The average molecular weight is 945 g/mol. The molecule has 4 fully saturated rings. The summed E-state index contributed by atoms with van der Waals surface area (Å²) in [6.45, 7) is 11.9. The van der Waals surface area contributed by atoms with Gasteiger partial charge in [0.05, 0.1) is 40.1 Å². The average Bonchev–Trinajstić information content (AvgIpc) is 3.96. The molecule has 0 radical (unpaired) electrons. The van der Waals surface area contributed by atoms with Gasteiger partial charge in [0.1, 0.15) is 41.2 Å². The van der Waals surface area contributed by atoms with E-state index >= 15 is 0 Å². The van der Waals surface area contributed by atoms with E-state index in [9.17, 15) is 4.79 Å². The lowest BCUT2D eigenvalue weighted by Gasteiger charge is -2.37. The summed E-state index contributed by atoms with van der Waals surface area (Å²) in [5.41, 5.74) is -0.346. The van der Waals surface area contributed by atoms with Gasteiger partial charge in [0.15, 0.2) is 12.0 Å². The van der Waals surface area contributed by atoms with E-state index in [0.717, 1.165) is 66.7 Å². The highest BCUT2D eigenvalue weighted by atomic mass is 32.9. The molecule has 4 heterocycles. The number of aliphatic imine (C=N–C) groups is 1. The van der Waals surface area contributed by atoms with Crippen LogP contribution in [0.5, 0.6) is 11.5 Å². The van der Waals surface area contributed by atoms with Gasteiger partial charge in [0, 0.05) is 43.6 Å². The van der Waals surface area contributed by atoms with Crippen molar-refractivity contribution in [1.29, 1.82) is 0 Å². The van der Waals surface area contributed by atoms with E-state index in [-0.39, 0.29) is 24.1 Å². The molecule has 1 aliphatic carbocycles. The molecule has 3 aliphatic heterocycles. The summed E-state index contributed by atoms with van der Waals surface area (Å²) in [6.07, 6.45) is 2.67. The molecule has 8 rings (SSSR count). The van der Waals surface area contributed by atoms with Crippen molar-refractivity contribution in [2.75, 3.05) is 54.7 Å². The first-order chi connectivity index (χ1) is 31.3. The third-order valence-electron chi connectivity index (χ3n) is 13.2. The van der Waals surface area contributed by atoms with Gasteiger partial charge in [0.2, 0.25) is 5.69 Å². The van der Waals surface area contributed by atoms with Crippen LogP contribution in [0.4, 0.5) is 5.82 Å². The molecule has 4 aliphatic rings. The van der Waals surface area contributed by atoms with E-state index in [1.165, 1.54) is 4.57 Å². The number of aromatic nitrogens is 2. The summed E-state index contributed by atoms with van der Waals surface area (Å²) in [6, 6.07) is 25.8. The van der Waals surface area contributed by atoms with Gasteiger partial charge in [-0.05, 0) is 105 Å². The Hall–Kier alpha value is -3.89. The van der Waals surface area contributed by atoms with Crippen LogP contribution in [-0.2, 0) is 45.4 Å². The number of likely N-dealkylation sites (tertiary alicyclic amines) is 1. The molecule has 0 bridgehead atoms. The minimum Gasteiger partial charge on any atom is -0.497 e. The number of methoxy groups -OCH3 is 3. The Morgan fingerprint density at radius 1 is 1.00 bits per heavy atom. The maximum absolute atomic E-state index is 14.3. The molecule has 13 nitrogen and oxygen atoms in total. The normalized spacial score (nSPS) is 28.4. The van der Waals surface area contributed by atoms with Crippen molar-refractivity contribution in [3.63, 3.8) is 0 Å². The SMILES string of the molecule is C=C(C)[C@H]1CC[C@@]2(C)S[P@@](=S)(O[C@H]3[C@@H](OCCOC)[C@H](n4cc(C)c(N=C5CCCN5C)nc4=O)O[C@@H]3COC(c3ccccc3)(c3ccc(OC)cc3)c3ccc(OC)cc3)O[C@@H]2C1. The lowest BCUT2D eigenvalue weighted by atomic mass is 9.77. The molecule has 348 valence electrons. The van der Waals surface area contributed by atoms with Crippen LogP contribution in [0.15, 0.2) is 107 Å². The second kappa shape index (κ2) is 20.1. The molecule has 1 saturated carbocycles. The zero-order chi connectivity index (χ0) is 45.9. The summed E-state index contributed by atoms with van der Waals surface area (Å²) in [5.74, 6) is 3.02. The van der Waals surface area contributed by atoms with Crippen molar-refractivity contribution in [3.8, 4) is 11.5 Å². The first-order valence-corrected chi connectivity index (χ1v) is 26.3. The second-order valence-corrected chi connectivity index (χ2v) is 24.1. The van der Waals surface area contributed by atoms with Gasteiger partial charge in [-0.1, -0.05) is 78.1 Å². The highest BCUT2D eigenvalue weighted by molar-refractivity contribution is 8.68. The number of rotatable bonds is 17. The topological polar surface area (TPSA) is 124 Å². The van der Waals surface area contributed by atoms with Crippen molar-refractivity contribution in [2.45, 2.75) is 93.9 Å². The molecule has 4 aromatic rings. The van der Waals surface area contributed by atoms with Gasteiger partial charge >= 0.3 is 5.69 Å². The fourth-order valence-electron chi connectivity index (χ4n) is 9.41. The van der Waals surface area contributed by atoms with Crippen LogP contribution in [0.3, 0.4) is 0 Å². The predicted molar refractivity (Wildman–Crippen MR) is 258 cm³/mol. The Kier molecular flexibility index (Phi) is 14.8. The first kappa shape index (κ1) is 47.6. The summed E-state index contributed by atoms with van der Waals surface area (Å²) < 4.78 is 53.3. The van der Waals surface area contributed by atoms with Crippen LogP contribution in [0.2, 0.25) is 0 Å². The van der Waals surface area contributed by atoms with E-state index in [1.54, 1.807) is 38.9 Å². The van der Waals surface area contributed by atoms with Crippen LogP contribution in [0, 0.1) is 12.8 Å². The molecule has 1 aromatic heterocycles. The van der Waals surface area contributed by atoms with Crippen LogP contribution in [-0.4, -0.2) is 104 Å². The highest BCUT2D eigenvalue weighted by Gasteiger charge is 2.57. The summed E-state index contributed by atoms with van der Waals surface area (Å²) in [7, 11) is 6.91. The van der Waals surface area contributed by atoms with Crippen LogP contribution < -0.4 is 15.2 Å². The predicted octanol–water partition coefficient (Wildman–Crippen LogP) is 9.14. The monoisotopic (exact) mass is 944 g/mol. The van der Waals surface area contributed by atoms with Crippen molar-refractivity contribution in [3.05, 3.63) is 130 Å². The lowest BCUT2D eigenvalue weighted by molar-refractivity contribution is -0.0990. The summed E-state index contributed by atoms with van der Waals surface area (Å²) in [4.78, 5) is 25.7.